The Labute approximate surface area is 177 Å². The quantitative estimate of drug-likeness (QED) is 0.512. The number of carbonyl (C=O) groups excluding carboxylic acids is 1. The van der Waals surface area contributed by atoms with Crippen molar-refractivity contribution in [2.75, 3.05) is 12.4 Å². The Bertz CT molecular complexity index is 994. The summed E-state index contributed by atoms with van der Waals surface area (Å²) in [5.41, 5.74) is 1.45. The van der Waals surface area contributed by atoms with E-state index in [1.165, 1.54) is 18.4 Å². The number of ether oxygens (including phenoxy) is 1. The number of hydrogen-bond donors (Lipinski definition) is 3. The molecule has 0 radical (unpaired) electrons. The molecule has 0 spiro atoms. The van der Waals surface area contributed by atoms with Crippen molar-refractivity contribution in [2.24, 2.45) is 5.92 Å². The highest BCUT2D eigenvalue weighted by Crippen LogP contribution is 2.38. The molecule has 2 heterocycles. The normalized spacial score (nSPS) is 19.1. The number of amides is 1. The SMILES string of the molecule is COc1cc(C2CCC(C(O)O)CC2)ccc1C(=O)Nc1nnc(-c2cccs2)o1. The fraction of sp³-hybridized carbons (Fsp3) is 0.381. The summed E-state index contributed by atoms with van der Waals surface area (Å²) in [6.07, 6.45) is 2.00. The predicted octanol–water partition coefficient (Wildman–Crippen LogP) is 3.64. The Kier molecular flexibility index (Phi) is 6.12. The Hall–Kier alpha value is -2.75. The van der Waals surface area contributed by atoms with Crippen molar-refractivity contribution in [1.82, 2.24) is 10.2 Å². The van der Waals surface area contributed by atoms with Crippen LogP contribution < -0.4 is 10.1 Å². The fourth-order valence-corrected chi connectivity index (χ4v) is 4.48. The third-order valence-corrected chi connectivity index (χ3v) is 6.37. The third-order valence-electron chi connectivity index (χ3n) is 5.51. The standard InChI is InChI=1S/C21H23N3O5S/c1-28-16-11-14(12-4-6-13(7-5-12)20(26)27)8-9-15(16)18(25)22-21-24-23-19(29-21)17-3-2-10-30-17/h2-3,8-13,20,26-27H,4-7H2,1H3,(H,22,24,25). The van der Waals surface area contributed by atoms with E-state index in [2.05, 4.69) is 15.5 Å². The molecule has 3 N–H and O–H groups in total. The lowest BCUT2D eigenvalue weighted by molar-refractivity contribution is -0.0937. The van der Waals surface area contributed by atoms with E-state index < -0.39 is 12.2 Å². The van der Waals surface area contributed by atoms with Gasteiger partial charge in [0.05, 0.1) is 17.6 Å². The molecule has 0 saturated heterocycles. The zero-order valence-electron chi connectivity index (χ0n) is 16.4. The molecule has 1 fully saturated rings. The first-order valence-electron chi connectivity index (χ1n) is 9.78. The van der Waals surface area contributed by atoms with Crippen molar-refractivity contribution in [1.29, 1.82) is 0 Å². The van der Waals surface area contributed by atoms with Crippen molar-refractivity contribution in [3.8, 4) is 16.5 Å². The van der Waals surface area contributed by atoms with Crippen LogP contribution in [0.4, 0.5) is 6.01 Å². The lowest BCUT2D eigenvalue weighted by atomic mass is 9.78. The summed E-state index contributed by atoms with van der Waals surface area (Å²) >= 11 is 1.47. The highest BCUT2D eigenvalue weighted by Gasteiger charge is 2.27. The molecule has 0 unspecified atom stereocenters. The molecule has 0 atom stereocenters. The molecular weight excluding hydrogens is 406 g/mol. The summed E-state index contributed by atoms with van der Waals surface area (Å²) in [7, 11) is 1.52. The number of carbonyl (C=O) groups is 1. The molecule has 158 valence electrons. The van der Waals surface area contributed by atoms with Crippen LogP contribution in [0.2, 0.25) is 0 Å². The van der Waals surface area contributed by atoms with Gasteiger partial charge in [0.2, 0.25) is 0 Å². The van der Waals surface area contributed by atoms with E-state index in [0.29, 0.717) is 23.1 Å². The van der Waals surface area contributed by atoms with Gasteiger partial charge in [-0.3, -0.25) is 10.1 Å². The first-order chi connectivity index (χ1) is 14.5. The molecule has 3 aromatic rings. The van der Waals surface area contributed by atoms with E-state index in [9.17, 15) is 15.0 Å². The van der Waals surface area contributed by atoms with Gasteiger partial charge in [0.25, 0.3) is 11.8 Å². The van der Waals surface area contributed by atoms with E-state index in [0.717, 1.165) is 36.1 Å². The van der Waals surface area contributed by atoms with Crippen molar-refractivity contribution in [3.63, 3.8) is 0 Å². The number of benzene rings is 1. The third kappa shape index (κ3) is 4.38. The van der Waals surface area contributed by atoms with E-state index >= 15 is 0 Å². The Morgan fingerprint density at radius 3 is 2.70 bits per heavy atom. The number of aliphatic hydroxyl groups is 2. The number of nitrogens with one attached hydrogen (secondary N) is 1. The molecule has 9 heteroatoms. The highest BCUT2D eigenvalue weighted by molar-refractivity contribution is 7.13. The van der Waals surface area contributed by atoms with Gasteiger partial charge >= 0.3 is 6.01 Å². The first kappa shape index (κ1) is 20.5. The van der Waals surface area contributed by atoms with Crippen LogP contribution in [0.15, 0.2) is 40.1 Å². The maximum atomic E-state index is 12.7. The van der Waals surface area contributed by atoms with Crippen molar-refractivity contribution in [3.05, 3.63) is 46.8 Å². The van der Waals surface area contributed by atoms with Crippen LogP contribution in [0.5, 0.6) is 5.75 Å². The van der Waals surface area contributed by atoms with Gasteiger partial charge in [-0.25, -0.2) is 0 Å². The number of methoxy groups -OCH3 is 1. The minimum atomic E-state index is -1.25. The molecule has 30 heavy (non-hydrogen) atoms. The van der Waals surface area contributed by atoms with Crippen molar-refractivity contribution < 1.29 is 24.2 Å². The number of aliphatic hydroxyl groups excluding tert-OH is 1. The average Bonchev–Trinajstić information content (AvgIpc) is 3.45. The van der Waals surface area contributed by atoms with E-state index in [4.69, 9.17) is 9.15 Å². The van der Waals surface area contributed by atoms with Gasteiger partial charge in [0.1, 0.15) is 5.75 Å². The van der Waals surface area contributed by atoms with Gasteiger partial charge in [-0.2, -0.15) is 0 Å². The van der Waals surface area contributed by atoms with Crippen LogP contribution in [-0.2, 0) is 0 Å². The molecule has 0 aliphatic heterocycles. The molecule has 1 amide bonds. The minimum Gasteiger partial charge on any atom is -0.496 e. The van der Waals surface area contributed by atoms with Crippen LogP contribution in [-0.4, -0.2) is 39.7 Å². The van der Waals surface area contributed by atoms with E-state index in [-0.39, 0.29) is 11.9 Å². The van der Waals surface area contributed by atoms with Crippen LogP contribution in [0.1, 0.15) is 47.5 Å². The number of aromatic nitrogens is 2. The average molecular weight is 429 g/mol. The molecule has 1 aromatic carbocycles. The molecule has 8 nitrogen and oxygen atoms in total. The summed E-state index contributed by atoms with van der Waals surface area (Å²) in [5.74, 6) is 0.655. The number of thiophene rings is 1. The molecule has 1 aliphatic carbocycles. The molecular formula is C21H23N3O5S. The van der Waals surface area contributed by atoms with Crippen LogP contribution >= 0.6 is 11.3 Å². The second kappa shape index (κ2) is 8.95. The highest BCUT2D eigenvalue weighted by atomic mass is 32.1. The zero-order chi connectivity index (χ0) is 21.1. The van der Waals surface area contributed by atoms with Crippen LogP contribution in [0.25, 0.3) is 10.8 Å². The first-order valence-corrected chi connectivity index (χ1v) is 10.7. The Morgan fingerprint density at radius 1 is 1.23 bits per heavy atom. The molecule has 1 saturated carbocycles. The molecule has 1 aliphatic rings. The summed E-state index contributed by atoms with van der Waals surface area (Å²) in [4.78, 5) is 13.6. The van der Waals surface area contributed by atoms with E-state index in [1.54, 1.807) is 6.07 Å². The lowest BCUT2D eigenvalue weighted by Gasteiger charge is -2.30. The summed E-state index contributed by atoms with van der Waals surface area (Å²) < 4.78 is 11.0. The largest absolute Gasteiger partial charge is 0.496 e. The number of anilines is 1. The smallest absolute Gasteiger partial charge is 0.322 e. The van der Waals surface area contributed by atoms with Gasteiger partial charge in [-0.1, -0.05) is 17.2 Å². The number of rotatable bonds is 6. The van der Waals surface area contributed by atoms with Crippen molar-refractivity contribution >= 4 is 23.3 Å². The number of nitrogens with zero attached hydrogens (tertiary/aromatic N) is 2. The fourth-order valence-electron chi connectivity index (χ4n) is 3.84. The van der Waals surface area contributed by atoms with E-state index in [1.807, 2.05) is 29.6 Å². The van der Waals surface area contributed by atoms with Crippen LogP contribution in [0.3, 0.4) is 0 Å². The monoisotopic (exact) mass is 429 g/mol. The van der Waals surface area contributed by atoms with Gasteiger partial charge in [0, 0.05) is 5.92 Å². The topological polar surface area (TPSA) is 118 Å². The zero-order valence-corrected chi connectivity index (χ0v) is 17.3. The maximum absolute atomic E-state index is 12.7. The van der Waals surface area contributed by atoms with Gasteiger partial charge in [-0.05, 0) is 60.7 Å². The summed E-state index contributed by atoms with van der Waals surface area (Å²) in [5, 5.41) is 31.1. The molecule has 2 aromatic heterocycles. The Balaban J connectivity index is 1.46. The van der Waals surface area contributed by atoms with Gasteiger partial charge in [0.15, 0.2) is 6.29 Å². The minimum absolute atomic E-state index is 0.0235. The van der Waals surface area contributed by atoms with Crippen LogP contribution in [0, 0.1) is 5.92 Å². The second-order valence-electron chi connectivity index (χ2n) is 7.33. The summed E-state index contributed by atoms with van der Waals surface area (Å²) in [6, 6.07) is 9.29. The van der Waals surface area contributed by atoms with Gasteiger partial charge in [-0.15, -0.1) is 16.4 Å². The lowest BCUT2D eigenvalue weighted by Crippen LogP contribution is -2.24. The second-order valence-corrected chi connectivity index (χ2v) is 8.28. The molecule has 0 bridgehead atoms. The number of hydrogen-bond acceptors (Lipinski definition) is 8. The predicted molar refractivity (Wildman–Crippen MR) is 111 cm³/mol. The maximum Gasteiger partial charge on any atom is 0.322 e. The van der Waals surface area contributed by atoms with Crippen molar-refractivity contribution in [2.45, 2.75) is 37.9 Å². The summed E-state index contributed by atoms with van der Waals surface area (Å²) in [6.45, 7) is 0. The van der Waals surface area contributed by atoms with Gasteiger partial charge < -0.3 is 19.4 Å². The molecule has 4 rings (SSSR count). The Morgan fingerprint density at radius 2 is 2.03 bits per heavy atom.